The molecule has 0 radical (unpaired) electrons. The van der Waals surface area contributed by atoms with Crippen molar-refractivity contribution < 1.29 is 9.59 Å². The highest BCUT2D eigenvalue weighted by Gasteiger charge is 2.20. The number of carbonyl (C=O) groups excluding carboxylic acids is 2. The highest BCUT2D eigenvalue weighted by Crippen LogP contribution is 2.26. The van der Waals surface area contributed by atoms with Gasteiger partial charge in [-0.25, -0.2) is 4.98 Å². The molecule has 0 aliphatic rings. The van der Waals surface area contributed by atoms with Crippen molar-refractivity contribution in [1.29, 1.82) is 0 Å². The summed E-state index contributed by atoms with van der Waals surface area (Å²) >= 11 is 0. The number of pyridine rings is 2. The summed E-state index contributed by atoms with van der Waals surface area (Å²) in [6.07, 6.45) is 8.79. The average molecular weight is 496 g/mol. The zero-order valence-corrected chi connectivity index (χ0v) is 21.0. The van der Waals surface area contributed by atoms with E-state index in [2.05, 4.69) is 25.6 Å². The first-order valence-corrected chi connectivity index (χ1v) is 11.8. The number of rotatable bonds is 8. The molecule has 1 aromatic carbocycles. The van der Waals surface area contributed by atoms with Crippen LogP contribution in [0.25, 0.3) is 16.9 Å². The zero-order chi connectivity index (χ0) is 26.4. The summed E-state index contributed by atoms with van der Waals surface area (Å²) < 4.78 is 1.92. The smallest absolute Gasteiger partial charge is 0.251 e. The number of aliphatic imine (C=N–C) groups is 1. The minimum atomic E-state index is -0.516. The Bertz CT molecular complexity index is 1480. The van der Waals surface area contributed by atoms with Crippen LogP contribution < -0.4 is 16.4 Å². The van der Waals surface area contributed by atoms with Gasteiger partial charge in [0.2, 0.25) is 5.91 Å². The van der Waals surface area contributed by atoms with Crippen molar-refractivity contribution in [2.45, 2.75) is 26.3 Å². The van der Waals surface area contributed by atoms with Gasteiger partial charge in [-0.2, -0.15) is 0 Å². The lowest BCUT2D eigenvalue weighted by molar-refractivity contribution is -0.121. The maximum absolute atomic E-state index is 13.1. The minimum Gasteiger partial charge on any atom is -0.402 e. The van der Waals surface area contributed by atoms with E-state index in [9.17, 15) is 9.59 Å². The van der Waals surface area contributed by atoms with Crippen LogP contribution in [0.1, 0.15) is 42.2 Å². The molecular weight excluding hydrogens is 466 g/mol. The molecule has 0 spiro atoms. The molecule has 188 valence electrons. The van der Waals surface area contributed by atoms with Gasteiger partial charge >= 0.3 is 0 Å². The van der Waals surface area contributed by atoms with Crippen LogP contribution in [0.15, 0.2) is 90.1 Å². The predicted molar refractivity (Wildman–Crippen MR) is 144 cm³/mol. The third-order valence-electron chi connectivity index (χ3n) is 5.72. The number of benzene rings is 1. The Morgan fingerprint density at radius 3 is 2.70 bits per heavy atom. The van der Waals surface area contributed by atoms with Crippen LogP contribution in [0.5, 0.6) is 0 Å². The minimum absolute atomic E-state index is 0.0998. The van der Waals surface area contributed by atoms with E-state index in [1.165, 1.54) is 0 Å². The van der Waals surface area contributed by atoms with Gasteiger partial charge < -0.3 is 16.4 Å². The highest BCUT2D eigenvalue weighted by atomic mass is 16.2. The SMILES string of the molecule is CNC(=O)CC(NC(=O)c1ccn2c(-c3cccc(N=C(C)C=C(C)N)c3)cnc2c1)c1cccnc1. The van der Waals surface area contributed by atoms with Gasteiger partial charge in [-0.05, 0) is 55.8 Å². The number of nitrogens with two attached hydrogens (primary N) is 1. The lowest BCUT2D eigenvalue weighted by Gasteiger charge is -2.18. The molecule has 1 unspecified atom stereocenters. The number of imidazole rings is 1. The Balaban J connectivity index is 1.59. The molecule has 9 nitrogen and oxygen atoms in total. The van der Waals surface area contributed by atoms with Crippen molar-refractivity contribution in [3.8, 4) is 11.3 Å². The Labute approximate surface area is 215 Å². The summed E-state index contributed by atoms with van der Waals surface area (Å²) in [5.41, 5.74) is 11.7. The van der Waals surface area contributed by atoms with E-state index in [-0.39, 0.29) is 18.2 Å². The zero-order valence-electron chi connectivity index (χ0n) is 21.0. The molecule has 4 aromatic rings. The van der Waals surface area contributed by atoms with Crippen molar-refractivity contribution in [1.82, 2.24) is 25.0 Å². The summed E-state index contributed by atoms with van der Waals surface area (Å²) in [5.74, 6) is -0.488. The van der Waals surface area contributed by atoms with Gasteiger partial charge in [0.05, 0.1) is 30.0 Å². The topological polar surface area (TPSA) is 127 Å². The molecule has 0 bridgehead atoms. The molecule has 3 heterocycles. The number of amides is 2. The number of hydrogen-bond acceptors (Lipinski definition) is 6. The molecule has 1 atom stereocenters. The van der Waals surface area contributed by atoms with E-state index >= 15 is 0 Å². The van der Waals surface area contributed by atoms with E-state index in [0.29, 0.717) is 16.9 Å². The van der Waals surface area contributed by atoms with Gasteiger partial charge in [0.1, 0.15) is 5.65 Å². The van der Waals surface area contributed by atoms with Crippen LogP contribution in [0.3, 0.4) is 0 Å². The van der Waals surface area contributed by atoms with Crippen molar-refractivity contribution in [2.24, 2.45) is 10.7 Å². The van der Waals surface area contributed by atoms with Gasteiger partial charge in [0.25, 0.3) is 5.91 Å². The molecule has 4 N–H and O–H groups in total. The average Bonchev–Trinajstić information content (AvgIpc) is 3.31. The summed E-state index contributed by atoms with van der Waals surface area (Å²) in [5, 5.41) is 5.55. The molecule has 37 heavy (non-hydrogen) atoms. The lowest BCUT2D eigenvalue weighted by Crippen LogP contribution is -2.32. The fraction of sp³-hybridized carbons (Fsp3) is 0.179. The second kappa shape index (κ2) is 11.3. The fourth-order valence-electron chi connectivity index (χ4n) is 4.00. The molecule has 0 saturated heterocycles. The molecule has 4 rings (SSSR count). The van der Waals surface area contributed by atoms with Crippen molar-refractivity contribution in [3.63, 3.8) is 0 Å². The van der Waals surface area contributed by atoms with Crippen molar-refractivity contribution in [2.75, 3.05) is 7.05 Å². The molecular formula is C28H29N7O2. The van der Waals surface area contributed by atoms with E-state index in [0.717, 1.165) is 28.2 Å². The number of hydrogen-bond donors (Lipinski definition) is 3. The number of nitrogens with one attached hydrogen (secondary N) is 2. The maximum atomic E-state index is 13.1. The Morgan fingerprint density at radius 1 is 1.14 bits per heavy atom. The fourth-order valence-corrected chi connectivity index (χ4v) is 4.00. The van der Waals surface area contributed by atoms with Crippen LogP contribution in [0, 0.1) is 0 Å². The Hall–Kier alpha value is -4.79. The summed E-state index contributed by atoms with van der Waals surface area (Å²) in [4.78, 5) is 38.4. The van der Waals surface area contributed by atoms with Crippen LogP contribution in [0.2, 0.25) is 0 Å². The van der Waals surface area contributed by atoms with E-state index in [1.54, 1.807) is 43.8 Å². The normalized spacial score (nSPS) is 12.8. The first-order valence-electron chi connectivity index (χ1n) is 11.8. The molecule has 9 heteroatoms. The monoisotopic (exact) mass is 495 g/mol. The van der Waals surface area contributed by atoms with Crippen molar-refractivity contribution in [3.05, 3.63) is 96.2 Å². The standard InChI is InChI=1S/C28H29N7O2/c1-18(29)12-19(2)33-23-8-4-6-20(13-23)25-17-32-26-14-21(9-11-35(25)26)28(37)34-24(15-27(36)30-3)22-7-5-10-31-16-22/h4-14,16-17,24H,15,29H2,1-3H3,(H,30,36)(H,34,37). The second-order valence-electron chi connectivity index (χ2n) is 8.67. The van der Waals surface area contributed by atoms with Crippen LogP contribution in [-0.2, 0) is 4.79 Å². The molecule has 0 fully saturated rings. The van der Waals surface area contributed by atoms with E-state index in [4.69, 9.17) is 5.73 Å². The molecule has 2 amide bonds. The quantitative estimate of drug-likeness (QED) is 0.319. The number of aromatic nitrogens is 3. The molecule has 0 aliphatic heterocycles. The molecule has 0 aliphatic carbocycles. The summed E-state index contributed by atoms with van der Waals surface area (Å²) in [6.45, 7) is 3.72. The summed E-state index contributed by atoms with van der Waals surface area (Å²) in [7, 11) is 1.57. The van der Waals surface area contributed by atoms with Gasteiger partial charge in [0.15, 0.2) is 0 Å². The van der Waals surface area contributed by atoms with Crippen LogP contribution in [0.4, 0.5) is 5.69 Å². The van der Waals surface area contributed by atoms with Gasteiger partial charge in [-0.1, -0.05) is 18.2 Å². The lowest BCUT2D eigenvalue weighted by atomic mass is 10.0. The predicted octanol–water partition coefficient (Wildman–Crippen LogP) is 3.96. The summed E-state index contributed by atoms with van der Waals surface area (Å²) in [6, 6.07) is 14.4. The number of nitrogens with zero attached hydrogens (tertiary/aromatic N) is 4. The van der Waals surface area contributed by atoms with Gasteiger partial charge in [-0.3, -0.25) is 24.0 Å². The van der Waals surface area contributed by atoms with Crippen LogP contribution >= 0.6 is 0 Å². The third kappa shape index (κ3) is 6.26. The number of fused-ring (bicyclic) bond motifs is 1. The Kier molecular flexibility index (Phi) is 7.73. The molecule has 3 aromatic heterocycles. The van der Waals surface area contributed by atoms with Crippen LogP contribution in [-0.4, -0.2) is 38.9 Å². The van der Waals surface area contributed by atoms with Gasteiger partial charge in [0, 0.05) is 48.2 Å². The van der Waals surface area contributed by atoms with E-state index in [1.807, 2.05) is 60.9 Å². The first kappa shape index (κ1) is 25.3. The van der Waals surface area contributed by atoms with E-state index < -0.39 is 6.04 Å². The third-order valence-corrected chi connectivity index (χ3v) is 5.72. The first-order chi connectivity index (χ1) is 17.8. The number of carbonyl (C=O) groups is 2. The van der Waals surface area contributed by atoms with Gasteiger partial charge in [-0.15, -0.1) is 0 Å². The highest BCUT2D eigenvalue weighted by molar-refractivity contribution is 5.96. The maximum Gasteiger partial charge on any atom is 0.251 e. The second-order valence-corrected chi connectivity index (χ2v) is 8.67. The largest absolute Gasteiger partial charge is 0.402 e. The van der Waals surface area contributed by atoms with Crippen molar-refractivity contribution >= 4 is 28.9 Å². The molecule has 0 saturated carbocycles. The number of allylic oxidation sites excluding steroid dienone is 2. The Morgan fingerprint density at radius 2 is 1.97 bits per heavy atom.